The zero-order chi connectivity index (χ0) is 12.8. The van der Waals surface area contributed by atoms with Crippen molar-refractivity contribution in [3.63, 3.8) is 0 Å². The number of rotatable bonds is 4. The molecule has 0 atom stereocenters. The fraction of sp³-hybridized carbons (Fsp3) is 0.167. The van der Waals surface area contributed by atoms with Crippen LogP contribution in [0.15, 0.2) is 37.1 Å². The molecule has 18 heavy (non-hydrogen) atoms. The maximum absolute atomic E-state index is 11.5. The summed E-state index contributed by atoms with van der Waals surface area (Å²) < 4.78 is 4.66. The van der Waals surface area contributed by atoms with E-state index in [4.69, 9.17) is 0 Å². The van der Waals surface area contributed by atoms with Crippen molar-refractivity contribution >= 4 is 11.8 Å². The normalized spacial score (nSPS) is 9.83. The van der Waals surface area contributed by atoms with Crippen molar-refractivity contribution in [2.24, 2.45) is 0 Å². The molecule has 2 heterocycles. The summed E-state index contributed by atoms with van der Waals surface area (Å²) in [5.74, 6) is -0.0125. The average Bonchev–Trinajstić information content (AvgIpc) is 2.45. The van der Waals surface area contributed by atoms with Gasteiger partial charge >= 0.3 is 5.97 Å². The molecule has 2 rings (SSSR count). The lowest BCUT2D eigenvalue weighted by atomic mass is 10.2. The first kappa shape index (κ1) is 12.0. The summed E-state index contributed by atoms with van der Waals surface area (Å²) in [5.41, 5.74) is 1.36. The second-order valence-corrected chi connectivity index (χ2v) is 3.49. The minimum atomic E-state index is -0.465. The lowest BCUT2D eigenvalue weighted by molar-refractivity contribution is 0.0601. The van der Waals surface area contributed by atoms with E-state index in [9.17, 15) is 4.79 Å². The van der Waals surface area contributed by atoms with Crippen LogP contribution in [-0.4, -0.2) is 28.0 Å². The highest BCUT2D eigenvalue weighted by molar-refractivity contribution is 5.94. The van der Waals surface area contributed by atoms with Crippen LogP contribution in [0.25, 0.3) is 0 Å². The van der Waals surface area contributed by atoms with Gasteiger partial charge in [0.15, 0.2) is 0 Å². The van der Waals surface area contributed by atoms with Crippen LogP contribution in [-0.2, 0) is 11.3 Å². The number of ether oxygens (including phenoxy) is 1. The SMILES string of the molecule is COC(=O)c1cncnc1NCc1ccncc1. The Bertz CT molecular complexity index is 531. The van der Waals surface area contributed by atoms with Crippen LogP contribution in [0.2, 0.25) is 0 Å². The number of hydrogen-bond acceptors (Lipinski definition) is 6. The molecule has 0 aliphatic carbocycles. The number of hydrogen-bond donors (Lipinski definition) is 1. The highest BCUT2D eigenvalue weighted by atomic mass is 16.5. The van der Waals surface area contributed by atoms with Crippen molar-refractivity contribution < 1.29 is 9.53 Å². The van der Waals surface area contributed by atoms with E-state index in [2.05, 4.69) is 25.0 Å². The van der Waals surface area contributed by atoms with E-state index in [1.165, 1.54) is 19.6 Å². The van der Waals surface area contributed by atoms with Gasteiger partial charge in [-0.2, -0.15) is 0 Å². The quantitative estimate of drug-likeness (QED) is 0.816. The lowest BCUT2D eigenvalue weighted by Gasteiger charge is -2.08. The van der Waals surface area contributed by atoms with Gasteiger partial charge in [0.1, 0.15) is 17.7 Å². The third-order valence-electron chi connectivity index (χ3n) is 2.33. The van der Waals surface area contributed by atoms with Gasteiger partial charge in [-0.1, -0.05) is 0 Å². The van der Waals surface area contributed by atoms with Crippen LogP contribution in [0.3, 0.4) is 0 Å². The maximum Gasteiger partial charge on any atom is 0.343 e. The van der Waals surface area contributed by atoms with Gasteiger partial charge in [-0.15, -0.1) is 0 Å². The van der Waals surface area contributed by atoms with Gasteiger partial charge in [-0.05, 0) is 17.7 Å². The zero-order valence-corrected chi connectivity index (χ0v) is 9.83. The van der Waals surface area contributed by atoms with Crippen LogP contribution >= 0.6 is 0 Å². The smallest absolute Gasteiger partial charge is 0.343 e. The summed E-state index contributed by atoms with van der Waals surface area (Å²) in [6.07, 6.45) is 6.21. The number of carbonyl (C=O) groups is 1. The van der Waals surface area contributed by atoms with Gasteiger partial charge < -0.3 is 10.1 Å². The summed E-state index contributed by atoms with van der Waals surface area (Å²) in [6.45, 7) is 0.545. The molecule has 6 nitrogen and oxygen atoms in total. The second kappa shape index (κ2) is 5.72. The minimum absolute atomic E-state index is 0.314. The number of carbonyl (C=O) groups excluding carboxylic acids is 1. The second-order valence-electron chi connectivity index (χ2n) is 3.49. The molecule has 2 aromatic rings. The fourth-order valence-electron chi connectivity index (χ4n) is 1.42. The van der Waals surface area contributed by atoms with Gasteiger partial charge in [-0.3, -0.25) is 4.98 Å². The average molecular weight is 244 g/mol. The molecule has 2 aromatic heterocycles. The monoisotopic (exact) mass is 244 g/mol. The van der Waals surface area contributed by atoms with E-state index in [1.54, 1.807) is 12.4 Å². The number of nitrogens with one attached hydrogen (secondary N) is 1. The molecule has 0 aliphatic rings. The van der Waals surface area contributed by atoms with Crippen LogP contribution in [0.1, 0.15) is 15.9 Å². The van der Waals surface area contributed by atoms with Crippen molar-refractivity contribution in [1.29, 1.82) is 0 Å². The minimum Gasteiger partial charge on any atom is -0.465 e. The van der Waals surface area contributed by atoms with Crippen molar-refractivity contribution in [1.82, 2.24) is 15.0 Å². The molecule has 0 saturated carbocycles. The summed E-state index contributed by atoms with van der Waals surface area (Å²) >= 11 is 0. The standard InChI is InChI=1S/C12H12N4O2/c1-18-12(17)10-7-14-8-16-11(10)15-6-9-2-4-13-5-3-9/h2-5,7-8H,6H2,1H3,(H,14,15,16). The number of anilines is 1. The van der Waals surface area contributed by atoms with Crippen LogP contribution in [0.5, 0.6) is 0 Å². The fourth-order valence-corrected chi connectivity index (χ4v) is 1.42. The number of pyridine rings is 1. The molecule has 0 radical (unpaired) electrons. The molecule has 0 bridgehead atoms. The Balaban J connectivity index is 2.12. The van der Waals surface area contributed by atoms with Crippen molar-refractivity contribution in [3.8, 4) is 0 Å². The Hall–Kier alpha value is -2.50. The van der Waals surface area contributed by atoms with Gasteiger partial charge in [-0.25, -0.2) is 14.8 Å². The van der Waals surface area contributed by atoms with E-state index >= 15 is 0 Å². The Labute approximate surface area is 104 Å². The molecule has 0 aliphatic heterocycles. The number of methoxy groups -OCH3 is 1. The topological polar surface area (TPSA) is 77.0 Å². The van der Waals surface area contributed by atoms with E-state index in [-0.39, 0.29) is 0 Å². The molecule has 6 heteroatoms. The molecule has 0 amide bonds. The molecule has 0 saturated heterocycles. The zero-order valence-electron chi connectivity index (χ0n) is 9.83. The summed E-state index contributed by atoms with van der Waals surface area (Å²) in [5, 5.41) is 3.07. The first-order chi connectivity index (χ1) is 8.81. The molecule has 92 valence electrons. The summed E-state index contributed by atoms with van der Waals surface area (Å²) in [4.78, 5) is 23.3. The number of aromatic nitrogens is 3. The van der Waals surface area contributed by atoms with E-state index < -0.39 is 5.97 Å². The predicted octanol–water partition coefficient (Wildman–Crippen LogP) is 1.27. The number of esters is 1. The third kappa shape index (κ3) is 2.79. The van der Waals surface area contributed by atoms with Crippen molar-refractivity contribution in [2.75, 3.05) is 12.4 Å². The molecule has 1 N–H and O–H groups in total. The highest BCUT2D eigenvalue weighted by Crippen LogP contribution is 2.12. The Kier molecular flexibility index (Phi) is 3.80. The molecule has 0 fully saturated rings. The van der Waals surface area contributed by atoms with Crippen LogP contribution in [0, 0.1) is 0 Å². The molecular formula is C12H12N4O2. The third-order valence-corrected chi connectivity index (χ3v) is 2.33. The van der Waals surface area contributed by atoms with Crippen molar-refractivity contribution in [2.45, 2.75) is 6.54 Å². The van der Waals surface area contributed by atoms with E-state index in [1.807, 2.05) is 12.1 Å². The van der Waals surface area contributed by atoms with E-state index in [0.29, 0.717) is 17.9 Å². The molecule has 0 spiro atoms. The largest absolute Gasteiger partial charge is 0.465 e. The van der Waals surface area contributed by atoms with Crippen molar-refractivity contribution in [3.05, 3.63) is 48.2 Å². The Morgan fingerprint density at radius 1 is 1.33 bits per heavy atom. The van der Waals surface area contributed by atoms with Crippen LogP contribution < -0.4 is 5.32 Å². The van der Waals surface area contributed by atoms with Gasteiger partial charge in [0.25, 0.3) is 0 Å². The predicted molar refractivity (Wildman–Crippen MR) is 64.9 cm³/mol. The van der Waals surface area contributed by atoms with Crippen LogP contribution in [0.4, 0.5) is 5.82 Å². The Morgan fingerprint density at radius 2 is 2.11 bits per heavy atom. The Morgan fingerprint density at radius 3 is 2.83 bits per heavy atom. The maximum atomic E-state index is 11.5. The highest BCUT2D eigenvalue weighted by Gasteiger charge is 2.12. The first-order valence-corrected chi connectivity index (χ1v) is 5.32. The van der Waals surface area contributed by atoms with E-state index in [0.717, 1.165) is 5.56 Å². The lowest BCUT2D eigenvalue weighted by Crippen LogP contribution is -2.10. The molecule has 0 unspecified atom stereocenters. The van der Waals surface area contributed by atoms with Gasteiger partial charge in [0.05, 0.1) is 7.11 Å². The van der Waals surface area contributed by atoms with Gasteiger partial charge in [0.2, 0.25) is 0 Å². The number of nitrogens with zero attached hydrogens (tertiary/aromatic N) is 3. The summed E-state index contributed by atoms with van der Waals surface area (Å²) in [6, 6.07) is 3.76. The van der Waals surface area contributed by atoms with Gasteiger partial charge in [0, 0.05) is 25.1 Å². The summed E-state index contributed by atoms with van der Waals surface area (Å²) in [7, 11) is 1.32. The first-order valence-electron chi connectivity index (χ1n) is 5.32. The molecular weight excluding hydrogens is 232 g/mol. The molecule has 0 aromatic carbocycles.